The van der Waals surface area contributed by atoms with Crippen LogP contribution in [0, 0.1) is 13.8 Å². The maximum absolute atomic E-state index is 9.11. The van der Waals surface area contributed by atoms with Gasteiger partial charge in [0.15, 0.2) is 11.5 Å². The summed E-state index contributed by atoms with van der Waals surface area (Å²) in [7, 11) is 1.63. The van der Waals surface area contributed by atoms with E-state index in [4.69, 9.17) is 19.9 Å². The van der Waals surface area contributed by atoms with Crippen LogP contribution in [0.2, 0.25) is 0 Å². The number of pyridine rings is 2. The van der Waals surface area contributed by atoms with Crippen molar-refractivity contribution in [2.24, 2.45) is 0 Å². The minimum Gasteiger partial charge on any atom is -0.481 e. The molecule has 6 rings (SSSR count). The maximum Gasteiger partial charge on any atom is 0.218 e. The molecule has 0 unspecified atom stereocenters. The van der Waals surface area contributed by atoms with Gasteiger partial charge in [-0.2, -0.15) is 0 Å². The van der Waals surface area contributed by atoms with Gasteiger partial charge in [-0.1, -0.05) is 66.7 Å². The van der Waals surface area contributed by atoms with Crippen molar-refractivity contribution in [3.63, 3.8) is 0 Å². The van der Waals surface area contributed by atoms with E-state index in [1.165, 1.54) is 5.56 Å². The highest BCUT2D eigenvalue weighted by Crippen LogP contribution is 2.37. The second kappa shape index (κ2) is 14.7. The Morgan fingerprint density at radius 3 is 2.06 bits per heavy atom. The number of nitrogens with zero attached hydrogens (tertiary/aromatic N) is 4. The summed E-state index contributed by atoms with van der Waals surface area (Å²) in [5.74, 6) is 1.37. The zero-order valence-corrected chi connectivity index (χ0v) is 27.0. The molecule has 3 aromatic heterocycles. The first kappa shape index (κ1) is 32.0. The summed E-state index contributed by atoms with van der Waals surface area (Å²) in [5.41, 5.74) is 12.6. The average molecular weight is 629 g/mol. The summed E-state index contributed by atoms with van der Waals surface area (Å²) in [6.07, 6.45) is 2.04. The van der Waals surface area contributed by atoms with Gasteiger partial charge in [-0.05, 0) is 71.0 Å². The van der Waals surface area contributed by atoms with Crippen molar-refractivity contribution in [3.8, 4) is 50.8 Å². The number of ether oxygens (including phenoxy) is 1. The Balaban J connectivity index is 1.29. The zero-order chi connectivity index (χ0) is 32.8. The molecule has 0 bridgehead atoms. The summed E-state index contributed by atoms with van der Waals surface area (Å²) in [5, 5.41) is 33.5. The summed E-state index contributed by atoms with van der Waals surface area (Å²) in [4.78, 5) is 4.84. The molecule has 0 aliphatic rings. The van der Waals surface area contributed by atoms with E-state index in [0.29, 0.717) is 32.1 Å². The van der Waals surface area contributed by atoms with Gasteiger partial charge >= 0.3 is 0 Å². The molecule has 3 aromatic carbocycles. The van der Waals surface area contributed by atoms with E-state index >= 15 is 0 Å². The lowest BCUT2D eigenvalue weighted by atomic mass is 9.89. The van der Waals surface area contributed by atoms with E-state index in [9.17, 15) is 0 Å². The van der Waals surface area contributed by atoms with Gasteiger partial charge in [0.1, 0.15) is 0 Å². The average Bonchev–Trinajstić information content (AvgIpc) is 3.53. The lowest BCUT2D eigenvalue weighted by molar-refractivity contribution is 0.291. The monoisotopic (exact) mass is 628 g/mol. The molecule has 3 heterocycles. The molecule has 6 aromatic rings. The molecule has 0 fully saturated rings. The van der Waals surface area contributed by atoms with E-state index in [1.807, 2.05) is 22.7 Å². The highest BCUT2D eigenvalue weighted by molar-refractivity contribution is 5.84. The number of aliphatic hydroxyl groups is 2. The quantitative estimate of drug-likeness (QED) is 0.123. The summed E-state index contributed by atoms with van der Waals surface area (Å²) >= 11 is 0. The van der Waals surface area contributed by atoms with E-state index in [1.54, 1.807) is 7.11 Å². The number of rotatable bonds is 13. The van der Waals surface area contributed by atoms with Gasteiger partial charge in [-0.3, -0.25) is 4.40 Å². The minimum atomic E-state index is 0.0814. The maximum atomic E-state index is 9.11. The molecule has 0 aliphatic heterocycles. The molecule has 0 amide bonds. The number of fused-ring (bicyclic) bond motifs is 1. The van der Waals surface area contributed by atoms with Gasteiger partial charge in [0.25, 0.3) is 0 Å². The number of benzene rings is 3. The summed E-state index contributed by atoms with van der Waals surface area (Å²) in [6, 6.07) is 29.3. The van der Waals surface area contributed by atoms with Gasteiger partial charge < -0.3 is 25.6 Å². The van der Waals surface area contributed by atoms with Crippen molar-refractivity contribution in [2.45, 2.75) is 26.9 Å². The highest BCUT2D eigenvalue weighted by atomic mass is 16.5. The fraction of sp³-hybridized carbons (Fsp3) is 0.237. The SMILES string of the molecule is COc1nc(-c2cccc(-c3cccc(-c4ccn5c(-c6ccc(CNCCO)cc6)nnc5c4)c3C)c2C)ccc1CNCCO. The molecule has 9 nitrogen and oxygen atoms in total. The van der Waals surface area contributed by atoms with Crippen molar-refractivity contribution in [2.75, 3.05) is 33.4 Å². The largest absolute Gasteiger partial charge is 0.481 e. The number of methoxy groups -OCH3 is 1. The van der Waals surface area contributed by atoms with Gasteiger partial charge in [0.2, 0.25) is 5.88 Å². The van der Waals surface area contributed by atoms with Gasteiger partial charge in [0.05, 0.1) is 26.0 Å². The number of hydrogen-bond acceptors (Lipinski definition) is 8. The summed E-state index contributed by atoms with van der Waals surface area (Å²) < 4.78 is 7.64. The topological polar surface area (TPSA) is 117 Å². The van der Waals surface area contributed by atoms with Crippen molar-refractivity contribution in [1.29, 1.82) is 0 Å². The molecule has 0 atom stereocenters. The Morgan fingerprint density at radius 1 is 0.702 bits per heavy atom. The van der Waals surface area contributed by atoms with Crippen LogP contribution < -0.4 is 15.4 Å². The second-order valence-corrected chi connectivity index (χ2v) is 11.5. The van der Waals surface area contributed by atoms with E-state index in [2.05, 4.69) is 107 Å². The van der Waals surface area contributed by atoms with Crippen molar-refractivity contribution < 1.29 is 14.9 Å². The Kier molecular flexibility index (Phi) is 9.99. The first-order valence-electron chi connectivity index (χ1n) is 15.8. The Bertz CT molecular complexity index is 1990. The molecule has 0 aliphatic carbocycles. The first-order chi connectivity index (χ1) is 23.0. The molecule has 0 saturated heterocycles. The lowest BCUT2D eigenvalue weighted by Crippen LogP contribution is -2.18. The Labute approximate surface area is 274 Å². The van der Waals surface area contributed by atoms with E-state index in [-0.39, 0.29) is 13.2 Å². The number of nitrogens with one attached hydrogen (secondary N) is 2. The lowest BCUT2D eigenvalue weighted by Gasteiger charge is -2.17. The molecule has 240 valence electrons. The number of aromatic nitrogens is 4. The van der Waals surface area contributed by atoms with Gasteiger partial charge in [-0.25, -0.2) is 4.98 Å². The number of aliphatic hydroxyl groups excluding tert-OH is 2. The third-order valence-electron chi connectivity index (χ3n) is 8.52. The third-order valence-corrected chi connectivity index (χ3v) is 8.52. The molecule has 0 radical (unpaired) electrons. The number of hydrogen-bond donors (Lipinski definition) is 4. The normalized spacial score (nSPS) is 11.3. The van der Waals surface area contributed by atoms with Crippen LogP contribution in [0.15, 0.2) is 91.1 Å². The van der Waals surface area contributed by atoms with Crippen molar-refractivity contribution in [1.82, 2.24) is 30.2 Å². The van der Waals surface area contributed by atoms with E-state index < -0.39 is 0 Å². The highest BCUT2D eigenvalue weighted by Gasteiger charge is 2.16. The van der Waals surface area contributed by atoms with Crippen LogP contribution in [-0.2, 0) is 13.1 Å². The predicted molar refractivity (Wildman–Crippen MR) is 186 cm³/mol. The zero-order valence-electron chi connectivity index (χ0n) is 27.0. The molecular formula is C38H40N6O3. The molecule has 47 heavy (non-hydrogen) atoms. The second-order valence-electron chi connectivity index (χ2n) is 11.5. The van der Waals surface area contributed by atoms with Crippen LogP contribution in [0.4, 0.5) is 0 Å². The van der Waals surface area contributed by atoms with Crippen LogP contribution >= 0.6 is 0 Å². The van der Waals surface area contributed by atoms with Crippen LogP contribution in [0.3, 0.4) is 0 Å². The standard InChI is InChI=1S/C38H40N6O3/c1-25-31(29-16-19-44-36(22-29)42-43-37(44)28-12-10-27(11-13-28)23-39-17-20-45)6-4-7-32(25)33-8-5-9-34(26(33)2)35-15-14-30(24-40-18-21-46)38(41-35)47-3/h4-16,19,22,39-40,45-46H,17-18,20-21,23-24H2,1-3H3. The van der Waals surface area contributed by atoms with Crippen LogP contribution in [-0.4, -0.2) is 63.2 Å². The molecule has 0 spiro atoms. The van der Waals surface area contributed by atoms with Crippen molar-refractivity contribution in [3.05, 3.63) is 113 Å². The fourth-order valence-electron chi connectivity index (χ4n) is 6.02. The predicted octanol–water partition coefficient (Wildman–Crippen LogP) is 5.58. The first-order valence-corrected chi connectivity index (χ1v) is 15.8. The fourth-order valence-corrected chi connectivity index (χ4v) is 6.02. The van der Waals surface area contributed by atoms with Gasteiger partial charge in [-0.15, -0.1) is 10.2 Å². The molecular weight excluding hydrogens is 588 g/mol. The Hall–Kier alpha value is -4.93. The summed E-state index contributed by atoms with van der Waals surface area (Å²) in [6.45, 7) is 6.87. The smallest absolute Gasteiger partial charge is 0.218 e. The van der Waals surface area contributed by atoms with Crippen LogP contribution in [0.1, 0.15) is 22.3 Å². The van der Waals surface area contributed by atoms with Gasteiger partial charge in [0, 0.05) is 49.1 Å². The minimum absolute atomic E-state index is 0.0814. The Morgan fingerprint density at radius 2 is 1.36 bits per heavy atom. The molecule has 9 heteroatoms. The molecule has 4 N–H and O–H groups in total. The third kappa shape index (κ3) is 6.79. The van der Waals surface area contributed by atoms with Crippen LogP contribution in [0.5, 0.6) is 5.88 Å². The molecule has 0 saturated carbocycles. The van der Waals surface area contributed by atoms with Crippen LogP contribution in [0.25, 0.3) is 50.5 Å². The van der Waals surface area contributed by atoms with E-state index in [0.717, 1.165) is 67.2 Å². The van der Waals surface area contributed by atoms with Crippen molar-refractivity contribution >= 4 is 5.65 Å².